The molecule has 2 amide bonds. The van der Waals surface area contributed by atoms with Crippen LogP contribution in [0.1, 0.15) is 48.9 Å². The molecule has 0 unspecified atom stereocenters. The summed E-state index contributed by atoms with van der Waals surface area (Å²) in [6.07, 6.45) is 6.98. The number of hydrogen-bond acceptors (Lipinski definition) is 4. The first-order valence-electron chi connectivity index (χ1n) is 10.3. The fraction of sp³-hybridized carbons (Fsp3) is 0.619. The molecule has 1 aromatic carbocycles. The summed E-state index contributed by atoms with van der Waals surface area (Å²) in [5.74, 6) is 0.0845. The lowest BCUT2D eigenvalue weighted by atomic mass is 9.96. The predicted molar refractivity (Wildman–Crippen MR) is 107 cm³/mol. The molecule has 6 nitrogen and oxygen atoms in total. The van der Waals surface area contributed by atoms with Gasteiger partial charge in [-0.3, -0.25) is 9.59 Å². The van der Waals surface area contributed by atoms with Crippen molar-refractivity contribution in [2.24, 2.45) is 0 Å². The van der Waals surface area contributed by atoms with Crippen LogP contribution in [0.25, 0.3) is 0 Å². The molecule has 0 saturated carbocycles. The third kappa shape index (κ3) is 3.68. The third-order valence-corrected chi connectivity index (χ3v) is 6.19. The zero-order chi connectivity index (χ0) is 18.8. The van der Waals surface area contributed by atoms with E-state index in [1.54, 1.807) is 4.90 Å². The zero-order valence-electron chi connectivity index (χ0n) is 16.2. The molecular formula is C21H30N4O2. The predicted octanol–water partition coefficient (Wildman–Crippen LogP) is 2.24. The summed E-state index contributed by atoms with van der Waals surface area (Å²) >= 11 is 0. The number of rotatable bonds is 4. The summed E-state index contributed by atoms with van der Waals surface area (Å²) in [6.45, 7) is 4.76. The van der Waals surface area contributed by atoms with Gasteiger partial charge in [0.25, 0.3) is 5.91 Å². The number of piperidine rings is 2. The minimum atomic E-state index is -0.0589. The molecule has 2 fully saturated rings. The maximum absolute atomic E-state index is 12.7. The molecule has 4 rings (SSSR count). The largest absolute Gasteiger partial charge is 0.358 e. The number of hydrogen-bond donors (Lipinski definition) is 1. The summed E-state index contributed by atoms with van der Waals surface area (Å²) in [4.78, 5) is 31.7. The average Bonchev–Trinajstić information content (AvgIpc) is 2.72. The highest BCUT2D eigenvalue weighted by Gasteiger charge is 2.37. The van der Waals surface area contributed by atoms with Crippen molar-refractivity contribution < 1.29 is 9.59 Å². The van der Waals surface area contributed by atoms with Gasteiger partial charge in [0, 0.05) is 32.2 Å². The maximum Gasteiger partial charge on any atom is 0.251 e. The van der Waals surface area contributed by atoms with E-state index < -0.39 is 0 Å². The molecule has 6 heteroatoms. The van der Waals surface area contributed by atoms with Gasteiger partial charge in [0.05, 0.1) is 11.4 Å². The molecule has 2 saturated heterocycles. The second-order valence-corrected chi connectivity index (χ2v) is 7.96. The van der Waals surface area contributed by atoms with E-state index in [-0.39, 0.29) is 17.9 Å². The Hall–Kier alpha value is -2.08. The number of amides is 2. The lowest BCUT2D eigenvalue weighted by Crippen LogP contribution is -2.54. The van der Waals surface area contributed by atoms with E-state index in [1.807, 2.05) is 25.2 Å². The van der Waals surface area contributed by atoms with Gasteiger partial charge in [0.1, 0.15) is 6.04 Å². The number of fused-ring (bicyclic) bond motifs is 3. The molecule has 3 aliphatic heterocycles. The number of carbonyl (C=O) groups is 2. The number of nitrogens with zero attached hydrogens (tertiary/aromatic N) is 3. The molecule has 1 atom stereocenters. The van der Waals surface area contributed by atoms with E-state index in [0.29, 0.717) is 12.1 Å². The number of likely N-dealkylation sites (N-methyl/N-ethyl adjacent to an activating group) is 1. The van der Waals surface area contributed by atoms with Gasteiger partial charge in [0.15, 0.2) is 0 Å². The van der Waals surface area contributed by atoms with Crippen LogP contribution in [-0.2, 0) is 4.79 Å². The molecule has 0 aromatic heterocycles. The molecule has 0 bridgehead atoms. The molecule has 3 aliphatic rings. The summed E-state index contributed by atoms with van der Waals surface area (Å²) in [6, 6.07) is 5.73. The number of anilines is 2. The van der Waals surface area contributed by atoms with Gasteiger partial charge < -0.3 is 20.0 Å². The fourth-order valence-electron chi connectivity index (χ4n) is 4.61. The van der Waals surface area contributed by atoms with Crippen LogP contribution in [0, 0.1) is 0 Å². The molecule has 1 N–H and O–H groups in total. The Morgan fingerprint density at radius 3 is 2.67 bits per heavy atom. The molecule has 0 aliphatic carbocycles. The van der Waals surface area contributed by atoms with E-state index in [4.69, 9.17) is 0 Å². The van der Waals surface area contributed by atoms with Gasteiger partial charge in [-0.2, -0.15) is 0 Å². The van der Waals surface area contributed by atoms with Crippen molar-refractivity contribution in [3.05, 3.63) is 23.8 Å². The van der Waals surface area contributed by atoms with Crippen LogP contribution in [0.2, 0.25) is 0 Å². The molecule has 146 valence electrons. The van der Waals surface area contributed by atoms with Crippen LogP contribution >= 0.6 is 0 Å². The van der Waals surface area contributed by atoms with Crippen molar-refractivity contribution in [3.8, 4) is 0 Å². The van der Waals surface area contributed by atoms with Crippen molar-refractivity contribution >= 4 is 23.2 Å². The van der Waals surface area contributed by atoms with Gasteiger partial charge in [-0.05, 0) is 63.4 Å². The fourth-order valence-corrected chi connectivity index (χ4v) is 4.61. The van der Waals surface area contributed by atoms with Gasteiger partial charge >= 0.3 is 0 Å². The Balaban J connectivity index is 1.44. The highest BCUT2D eigenvalue weighted by Crippen LogP contribution is 2.39. The Kier molecular flexibility index (Phi) is 5.34. The molecule has 1 aromatic rings. The first-order valence-corrected chi connectivity index (χ1v) is 10.3. The highest BCUT2D eigenvalue weighted by molar-refractivity contribution is 6.07. The Morgan fingerprint density at radius 2 is 1.85 bits per heavy atom. The Bertz CT molecular complexity index is 714. The van der Waals surface area contributed by atoms with E-state index in [2.05, 4.69) is 15.1 Å². The molecule has 3 heterocycles. The maximum atomic E-state index is 12.7. The minimum Gasteiger partial charge on any atom is -0.358 e. The first kappa shape index (κ1) is 18.3. The van der Waals surface area contributed by atoms with Gasteiger partial charge in [-0.25, -0.2) is 0 Å². The van der Waals surface area contributed by atoms with E-state index in [0.717, 1.165) is 56.8 Å². The summed E-state index contributed by atoms with van der Waals surface area (Å²) in [7, 11) is 1.82. The monoisotopic (exact) mass is 370 g/mol. The van der Waals surface area contributed by atoms with Crippen LogP contribution < -0.4 is 15.1 Å². The Morgan fingerprint density at radius 1 is 1.07 bits per heavy atom. The molecule has 27 heavy (non-hydrogen) atoms. The summed E-state index contributed by atoms with van der Waals surface area (Å²) in [5, 5.41) is 3.04. The number of carbonyl (C=O) groups excluding carboxylic acids is 2. The quantitative estimate of drug-likeness (QED) is 0.883. The van der Waals surface area contributed by atoms with Crippen molar-refractivity contribution in [1.82, 2.24) is 10.2 Å². The summed E-state index contributed by atoms with van der Waals surface area (Å²) in [5.41, 5.74) is 2.55. The smallest absolute Gasteiger partial charge is 0.251 e. The second kappa shape index (κ2) is 7.89. The highest BCUT2D eigenvalue weighted by atomic mass is 16.2. The second-order valence-electron chi connectivity index (χ2n) is 7.96. The molecule has 0 spiro atoms. The summed E-state index contributed by atoms with van der Waals surface area (Å²) < 4.78 is 0. The van der Waals surface area contributed by atoms with Gasteiger partial charge in [0.2, 0.25) is 5.91 Å². The third-order valence-electron chi connectivity index (χ3n) is 6.19. The van der Waals surface area contributed by atoms with Gasteiger partial charge in [-0.1, -0.05) is 6.42 Å². The zero-order valence-corrected chi connectivity index (χ0v) is 16.2. The lowest BCUT2D eigenvalue weighted by molar-refractivity contribution is -0.120. The van der Waals surface area contributed by atoms with Crippen LogP contribution in [-0.4, -0.2) is 62.5 Å². The van der Waals surface area contributed by atoms with E-state index in [9.17, 15) is 9.59 Å². The Labute approximate surface area is 161 Å². The number of nitrogens with one attached hydrogen (secondary N) is 1. The van der Waals surface area contributed by atoms with Crippen LogP contribution in [0.3, 0.4) is 0 Å². The standard InChI is InChI=1S/C21H30N4O2/c1-23-19-15-16(20(26)22-10-14-24-11-4-2-5-12-24)8-9-17(19)25-13-6-3-7-18(25)21(23)27/h8-9,15,18H,2-7,10-14H2,1H3,(H,22,26)/t18-/m0/s1. The van der Waals surface area contributed by atoms with Crippen molar-refractivity contribution in [3.63, 3.8) is 0 Å². The van der Waals surface area contributed by atoms with E-state index >= 15 is 0 Å². The van der Waals surface area contributed by atoms with Crippen LogP contribution in [0.4, 0.5) is 11.4 Å². The minimum absolute atomic E-state index is 0.0412. The number of likely N-dealkylation sites (tertiary alicyclic amines) is 1. The topological polar surface area (TPSA) is 55.9 Å². The SMILES string of the molecule is CN1C(=O)[C@@H]2CCCCN2c2ccc(C(=O)NCCN3CCCCC3)cc21. The molecule has 0 radical (unpaired) electrons. The first-order chi connectivity index (χ1) is 13.1. The van der Waals surface area contributed by atoms with Crippen molar-refractivity contribution in [1.29, 1.82) is 0 Å². The normalized spacial score (nSPS) is 23.0. The van der Waals surface area contributed by atoms with Crippen molar-refractivity contribution in [2.75, 3.05) is 49.6 Å². The van der Waals surface area contributed by atoms with Gasteiger partial charge in [-0.15, -0.1) is 0 Å². The van der Waals surface area contributed by atoms with Crippen molar-refractivity contribution in [2.45, 2.75) is 44.6 Å². The van der Waals surface area contributed by atoms with Crippen LogP contribution in [0.5, 0.6) is 0 Å². The lowest BCUT2D eigenvalue weighted by Gasteiger charge is -2.44. The van der Waals surface area contributed by atoms with E-state index in [1.165, 1.54) is 19.3 Å². The number of benzene rings is 1. The molecular weight excluding hydrogens is 340 g/mol. The average molecular weight is 370 g/mol. The van der Waals surface area contributed by atoms with Crippen LogP contribution in [0.15, 0.2) is 18.2 Å².